The lowest BCUT2D eigenvalue weighted by atomic mass is 9.93. The lowest BCUT2D eigenvalue weighted by Crippen LogP contribution is -2.43. The minimum atomic E-state index is -0.305. The summed E-state index contributed by atoms with van der Waals surface area (Å²) in [5.41, 5.74) is 1.33. The van der Waals surface area contributed by atoms with Crippen LogP contribution in [0.4, 0.5) is 0 Å². The van der Waals surface area contributed by atoms with Crippen LogP contribution < -0.4 is 0 Å². The van der Waals surface area contributed by atoms with Crippen molar-refractivity contribution < 1.29 is 9.90 Å². The summed E-state index contributed by atoms with van der Waals surface area (Å²) in [6, 6.07) is 2.14. The van der Waals surface area contributed by atoms with Crippen LogP contribution in [0.1, 0.15) is 42.5 Å². The Morgan fingerprint density at radius 1 is 1.55 bits per heavy atom. The molecule has 1 aromatic heterocycles. The molecule has 1 saturated carbocycles. The first-order valence-corrected chi connectivity index (χ1v) is 8.46. The first kappa shape index (κ1) is 14.1. The van der Waals surface area contributed by atoms with Crippen LogP contribution in [0, 0.1) is 18.8 Å². The van der Waals surface area contributed by atoms with E-state index in [9.17, 15) is 9.90 Å². The maximum Gasteiger partial charge on any atom is 0.226 e. The van der Waals surface area contributed by atoms with Crippen LogP contribution in [0.3, 0.4) is 0 Å². The Kier molecular flexibility index (Phi) is 3.87. The topological polar surface area (TPSA) is 40.5 Å². The van der Waals surface area contributed by atoms with Gasteiger partial charge in [-0.1, -0.05) is 0 Å². The Morgan fingerprint density at radius 3 is 3.00 bits per heavy atom. The van der Waals surface area contributed by atoms with Gasteiger partial charge in [0.2, 0.25) is 5.91 Å². The highest BCUT2D eigenvalue weighted by Crippen LogP contribution is 2.51. The van der Waals surface area contributed by atoms with E-state index in [0.717, 1.165) is 32.4 Å². The molecule has 0 spiro atoms. The first-order valence-electron chi connectivity index (χ1n) is 7.58. The van der Waals surface area contributed by atoms with Crippen molar-refractivity contribution in [1.82, 2.24) is 4.90 Å². The summed E-state index contributed by atoms with van der Waals surface area (Å²) in [6.45, 7) is 5.58. The molecule has 20 heavy (non-hydrogen) atoms. The van der Waals surface area contributed by atoms with Gasteiger partial charge in [0.25, 0.3) is 0 Å². The highest BCUT2D eigenvalue weighted by molar-refractivity contribution is 7.10. The van der Waals surface area contributed by atoms with Crippen molar-refractivity contribution in [3.8, 4) is 0 Å². The number of aliphatic hydroxyl groups excluding tert-OH is 1. The number of likely N-dealkylation sites (tertiary alicyclic amines) is 1. The molecule has 1 amide bonds. The third-order valence-corrected chi connectivity index (χ3v) is 5.95. The largest absolute Gasteiger partial charge is 0.393 e. The molecular weight excluding hydrogens is 270 g/mol. The first-order chi connectivity index (χ1) is 9.58. The normalized spacial score (nSPS) is 31.1. The Morgan fingerprint density at radius 2 is 2.35 bits per heavy atom. The van der Waals surface area contributed by atoms with Crippen molar-refractivity contribution in [2.75, 3.05) is 13.1 Å². The summed E-state index contributed by atoms with van der Waals surface area (Å²) in [4.78, 5) is 16.0. The molecule has 1 aromatic rings. The minimum absolute atomic E-state index is 0.195. The van der Waals surface area contributed by atoms with E-state index in [1.54, 1.807) is 11.3 Å². The molecule has 0 radical (unpaired) electrons. The van der Waals surface area contributed by atoms with Crippen LogP contribution >= 0.6 is 11.3 Å². The van der Waals surface area contributed by atoms with Gasteiger partial charge in [0, 0.05) is 35.7 Å². The molecule has 3 rings (SSSR count). The van der Waals surface area contributed by atoms with Crippen LogP contribution in [0.25, 0.3) is 0 Å². The van der Waals surface area contributed by atoms with Gasteiger partial charge >= 0.3 is 0 Å². The van der Waals surface area contributed by atoms with Gasteiger partial charge in [-0.25, -0.2) is 0 Å². The van der Waals surface area contributed by atoms with E-state index in [1.165, 1.54) is 10.4 Å². The molecule has 0 aromatic carbocycles. The van der Waals surface area contributed by atoms with Gasteiger partial charge in [-0.2, -0.15) is 0 Å². The van der Waals surface area contributed by atoms with Gasteiger partial charge in [0.15, 0.2) is 0 Å². The average Bonchev–Trinajstić information content (AvgIpc) is 3.12. The molecule has 2 heterocycles. The molecule has 1 N–H and O–H groups in total. The summed E-state index contributed by atoms with van der Waals surface area (Å²) in [5.74, 6) is 1.22. The van der Waals surface area contributed by atoms with E-state index in [-0.39, 0.29) is 17.9 Å². The standard InChI is InChI=1S/C16H23NO2S/c1-10-5-7-20-15(10)13-8-14(13)16(19)17-6-3-4-12(9-17)11(2)18/h5,7,11-14,18H,3-4,6,8-9H2,1-2H3. The Bertz CT molecular complexity index is 496. The number of nitrogens with zero attached hydrogens (tertiary/aromatic N) is 1. The number of aliphatic hydroxyl groups is 1. The molecule has 110 valence electrons. The fourth-order valence-electron chi connectivity index (χ4n) is 3.36. The Hall–Kier alpha value is -0.870. The molecule has 2 aliphatic rings. The van der Waals surface area contributed by atoms with Gasteiger partial charge in [-0.05, 0) is 50.1 Å². The van der Waals surface area contributed by atoms with Crippen LogP contribution in [-0.2, 0) is 4.79 Å². The Labute approximate surface area is 124 Å². The monoisotopic (exact) mass is 293 g/mol. The minimum Gasteiger partial charge on any atom is -0.393 e. The highest BCUT2D eigenvalue weighted by Gasteiger charge is 2.47. The molecule has 0 bridgehead atoms. The third kappa shape index (κ3) is 2.63. The van der Waals surface area contributed by atoms with E-state index >= 15 is 0 Å². The average molecular weight is 293 g/mol. The van der Waals surface area contributed by atoms with Crippen molar-refractivity contribution in [1.29, 1.82) is 0 Å². The molecule has 1 aliphatic carbocycles. The smallest absolute Gasteiger partial charge is 0.226 e. The summed E-state index contributed by atoms with van der Waals surface area (Å²) >= 11 is 1.78. The Balaban J connectivity index is 1.62. The number of thiophene rings is 1. The predicted octanol–water partition coefficient (Wildman–Crippen LogP) is 2.78. The second kappa shape index (κ2) is 5.49. The van der Waals surface area contributed by atoms with E-state index in [1.807, 2.05) is 11.8 Å². The van der Waals surface area contributed by atoms with Crippen molar-refractivity contribution >= 4 is 17.2 Å². The van der Waals surface area contributed by atoms with Gasteiger partial charge in [-0.3, -0.25) is 4.79 Å². The van der Waals surface area contributed by atoms with Crippen molar-refractivity contribution in [2.24, 2.45) is 11.8 Å². The summed E-state index contributed by atoms with van der Waals surface area (Å²) < 4.78 is 0. The lowest BCUT2D eigenvalue weighted by Gasteiger charge is -2.34. The predicted molar refractivity (Wildman–Crippen MR) is 80.9 cm³/mol. The zero-order valence-electron chi connectivity index (χ0n) is 12.2. The molecule has 4 heteroatoms. The van der Waals surface area contributed by atoms with Gasteiger partial charge in [0.1, 0.15) is 0 Å². The van der Waals surface area contributed by atoms with Crippen LogP contribution in [-0.4, -0.2) is 35.1 Å². The summed E-state index contributed by atoms with van der Waals surface area (Å²) in [7, 11) is 0. The maximum atomic E-state index is 12.6. The van der Waals surface area contributed by atoms with E-state index in [2.05, 4.69) is 18.4 Å². The molecule has 1 saturated heterocycles. The third-order valence-electron chi connectivity index (χ3n) is 4.80. The van der Waals surface area contributed by atoms with Crippen LogP contribution in [0.2, 0.25) is 0 Å². The highest BCUT2D eigenvalue weighted by atomic mass is 32.1. The second-order valence-corrected chi connectivity index (χ2v) is 7.29. The van der Waals surface area contributed by atoms with Crippen molar-refractivity contribution in [3.05, 3.63) is 21.9 Å². The fraction of sp³-hybridized carbons (Fsp3) is 0.688. The molecule has 4 unspecified atom stereocenters. The number of carbonyl (C=O) groups excluding carboxylic acids is 1. The summed E-state index contributed by atoms with van der Waals surface area (Å²) in [6.07, 6.45) is 2.77. The van der Waals surface area contributed by atoms with Gasteiger partial charge in [0.05, 0.1) is 6.10 Å². The molecular formula is C16H23NO2S. The number of rotatable bonds is 3. The second-order valence-electron chi connectivity index (χ2n) is 6.34. The zero-order chi connectivity index (χ0) is 14.3. The number of aryl methyl sites for hydroxylation is 1. The molecule has 2 fully saturated rings. The zero-order valence-corrected chi connectivity index (χ0v) is 13.0. The van der Waals surface area contributed by atoms with E-state index < -0.39 is 0 Å². The number of hydrogen-bond acceptors (Lipinski definition) is 3. The lowest BCUT2D eigenvalue weighted by molar-refractivity contribution is -0.135. The molecule has 3 nitrogen and oxygen atoms in total. The fourth-order valence-corrected chi connectivity index (χ4v) is 4.47. The SMILES string of the molecule is Cc1ccsc1C1CC1C(=O)N1CCCC(C(C)O)C1. The maximum absolute atomic E-state index is 12.6. The van der Waals surface area contributed by atoms with Crippen LogP contribution in [0.5, 0.6) is 0 Å². The van der Waals surface area contributed by atoms with Crippen molar-refractivity contribution in [3.63, 3.8) is 0 Å². The van der Waals surface area contributed by atoms with Gasteiger partial charge < -0.3 is 10.0 Å². The number of piperidine rings is 1. The van der Waals surface area contributed by atoms with Crippen LogP contribution in [0.15, 0.2) is 11.4 Å². The molecule has 4 atom stereocenters. The summed E-state index contributed by atoms with van der Waals surface area (Å²) in [5, 5.41) is 11.9. The molecule has 1 aliphatic heterocycles. The number of hydrogen-bond donors (Lipinski definition) is 1. The quantitative estimate of drug-likeness (QED) is 0.931. The van der Waals surface area contributed by atoms with E-state index in [4.69, 9.17) is 0 Å². The van der Waals surface area contributed by atoms with E-state index in [0.29, 0.717) is 11.8 Å². The van der Waals surface area contributed by atoms with Crippen molar-refractivity contribution in [2.45, 2.75) is 45.1 Å². The van der Waals surface area contributed by atoms with Gasteiger partial charge in [-0.15, -0.1) is 11.3 Å². The number of amides is 1. The number of carbonyl (C=O) groups is 1.